The van der Waals surface area contributed by atoms with E-state index < -0.39 is 11.6 Å². The number of esters is 1. The van der Waals surface area contributed by atoms with Crippen molar-refractivity contribution in [2.24, 2.45) is 0 Å². The van der Waals surface area contributed by atoms with Gasteiger partial charge in [0.15, 0.2) is 0 Å². The monoisotopic (exact) mass is 489 g/mol. The SMILES string of the molecule is CCOC1C[C@H]2C[C@@H](OC(=O)C(O)(c3ccccc3)c3ccccc3)C[C@@H]1[N+]2(C)C.[Br-]. The third kappa shape index (κ3) is 4.31. The zero-order valence-corrected chi connectivity index (χ0v) is 20.0. The van der Waals surface area contributed by atoms with Crippen molar-refractivity contribution in [2.75, 3.05) is 20.7 Å². The van der Waals surface area contributed by atoms with Gasteiger partial charge in [0.25, 0.3) is 0 Å². The normalized spacial score (nSPS) is 26.7. The molecule has 0 aromatic heterocycles. The van der Waals surface area contributed by atoms with Crippen molar-refractivity contribution < 1.29 is 40.8 Å². The summed E-state index contributed by atoms with van der Waals surface area (Å²) in [5.41, 5.74) is -0.797. The Morgan fingerprint density at radius 2 is 1.55 bits per heavy atom. The first kappa shape index (κ1) is 23.9. The van der Waals surface area contributed by atoms with Crippen LogP contribution in [0.15, 0.2) is 60.7 Å². The first-order chi connectivity index (χ1) is 14.4. The lowest BCUT2D eigenvalue weighted by Crippen LogP contribution is -3.00. The van der Waals surface area contributed by atoms with Gasteiger partial charge in [0, 0.05) is 25.9 Å². The average molecular weight is 490 g/mol. The Kier molecular flexibility index (Phi) is 7.26. The summed E-state index contributed by atoms with van der Waals surface area (Å²) in [4.78, 5) is 13.4. The highest BCUT2D eigenvalue weighted by molar-refractivity contribution is 5.85. The number of piperidine rings is 1. The fourth-order valence-electron chi connectivity index (χ4n) is 5.34. The minimum absolute atomic E-state index is 0. The Morgan fingerprint density at radius 3 is 2.06 bits per heavy atom. The fraction of sp³-hybridized carbons (Fsp3) is 0.480. The summed E-state index contributed by atoms with van der Waals surface area (Å²) in [6.45, 7) is 2.72. The average Bonchev–Trinajstić information content (AvgIpc) is 2.88. The second kappa shape index (κ2) is 9.41. The van der Waals surface area contributed by atoms with Gasteiger partial charge in [0.05, 0.1) is 20.1 Å². The number of aliphatic hydroxyl groups is 1. The second-order valence-corrected chi connectivity index (χ2v) is 9.02. The minimum Gasteiger partial charge on any atom is -1.00 e. The molecular formula is C25H32BrNO4. The minimum atomic E-state index is -1.83. The molecule has 2 aromatic carbocycles. The van der Waals surface area contributed by atoms with Crippen LogP contribution in [0, 0.1) is 0 Å². The summed E-state index contributed by atoms with van der Waals surface area (Å²) in [5.74, 6) is -0.607. The number of rotatable bonds is 6. The van der Waals surface area contributed by atoms with Gasteiger partial charge in [-0.05, 0) is 18.1 Å². The lowest BCUT2D eigenvalue weighted by molar-refractivity contribution is -0.932. The Hall–Kier alpha value is -1.73. The predicted octanol–water partition coefficient (Wildman–Crippen LogP) is 0.255. The van der Waals surface area contributed by atoms with E-state index in [1.165, 1.54) is 0 Å². The topological polar surface area (TPSA) is 55.8 Å². The van der Waals surface area contributed by atoms with Crippen molar-refractivity contribution in [3.05, 3.63) is 71.8 Å². The molecule has 2 fully saturated rings. The van der Waals surface area contributed by atoms with E-state index in [0.29, 0.717) is 29.8 Å². The van der Waals surface area contributed by atoms with Crippen LogP contribution < -0.4 is 17.0 Å². The van der Waals surface area contributed by atoms with E-state index >= 15 is 0 Å². The van der Waals surface area contributed by atoms with E-state index in [1.54, 1.807) is 24.3 Å². The van der Waals surface area contributed by atoms with Gasteiger partial charge in [-0.25, -0.2) is 4.79 Å². The molecule has 1 N–H and O–H groups in total. The van der Waals surface area contributed by atoms with Gasteiger partial charge in [-0.2, -0.15) is 0 Å². The molecule has 1 unspecified atom stereocenters. The van der Waals surface area contributed by atoms with Crippen molar-refractivity contribution in [1.29, 1.82) is 0 Å². The largest absolute Gasteiger partial charge is 1.00 e. The molecule has 2 saturated heterocycles. The van der Waals surface area contributed by atoms with Gasteiger partial charge >= 0.3 is 5.97 Å². The first-order valence-corrected chi connectivity index (χ1v) is 10.9. The standard InChI is InChI=1S/C25H32NO4.BrH/c1-4-29-23-16-20-15-21(17-22(23)26(20,2)3)30-24(27)25(28,18-11-7-5-8-12-18)19-13-9-6-10-14-19;/h5-14,20-23,28H,4,15-17H2,1-3H3;1H/q+1;/p-1/t20-,21-,22+,23?;/m1./s1. The molecule has 2 aliphatic rings. The summed E-state index contributed by atoms with van der Waals surface area (Å²) in [6.07, 6.45) is 2.50. The van der Waals surface area contributed by atoms with Crippen LogP contribution in [0.5, 0.6) is 0 Å². The maximum Gasteiger partial charge on any atom is 0.347 e. The number of hydrogen-bond acceptors (Lipinski definition) is 4. The van der Waals surface area contributed by atoms with Gasteiger partial charge in [-0.15, -0.1) is 0 Å². The van der Waals surface area contributed by atoms with Gasteiger partial charge in [-0.3, -0.25) is 0 Å². The number of nitrogens with zero attached hydrogens (tertiary/aromatic N) is 1. The fourth-order valence-corrected chi connectivity index (χ4v) is 5.34. The molecule has 2 aliphatic heterocycles. The number of benzene rings is 2. The summed E-state index contributed by atoms with van der Waals surface area (Å²) in [7, 11) is 4.49. The quantitative estimate of drug-likeness (QED) is 0.466. The number of fused-ring (bicyclic) bond motifs is 2. The van der Waals surface area contributed by atoms with Crippen molar-refractivity contribution in [1.82, 2.24) is 0 Å². The van der Waals surface area contributed by atoms with Crippen LogP contribution in [0.2, 0.25) is 0 Å². The molecule has 2 bridgehead atoms. The van der Waals surface area contributed by atoms with E-state index in [0.717, 1.165) is 23.7 Å². The lowest BCUT2D eigenvalue weighted by Gasteiger charge is -2.44. The second-order valence-electron chi connectivity index (χ2n) is 9.02. The molecule has 0 spiro atoms. The summed E-state index contributed by atoms with van der Waals surface area (Å²) >= 11 is 0. The van der Waals surface area contributed by atoms with Crippen molar-refractivity contribution in [3.8, 4) is 0 Å². The van der Waals surface area contributed by atoms with Gasteiger partial charge in [-0.1, -0.05) is 60.7 Å². The zero-order valence-electron chi connectivity index (χ0n) is 18.4. The lowest BCUT2D eigenvalue weighted by atomic mass is 9.86. The summed E-state index contributed by atoms with van der Waals surface area (Å²) in [6, 6.07) is 18.8. The third-order valence-electron chi connectivity index (χ3n) is 7.10. The molecule has 5 nitrogen and oxygen atoms in total. The van der Waals surface area contributed by atoms with Crippen LogP contribution in [-0.2, 0) is 19.9 Å². The summed E-state index contributed by atoms with van der Waals surface area (Å²) in [5, 5.41) is 11.6. The van der Waals surface area contributed by atoms with Gasteiger partial charge in [0.2, 0.25) is 5.60 Å². The van der Waals surface area contributed by atoms with Crippen LogP contribution in [0.1, 0.15) is 37.3 Å². The van der Waals surface area contributed by atoms with Crippen LogP contribution in [0.4, 0.5) is 0 Å². The van der Waals surface area contributed by atoms with Crippen LogP contribution in [0.3, 0.4) is 0 Å². The van der Waals surface area contributed by atoms with Crippen LogP contribution >= 0.6 is 0 Å². The Labute approximate surface area is 195 Å². The van der Waals surface area contributed by atoms with Crippen molar-refractivity contribution in [3.63, 3.8) is 0 Å². The maximum absolute atomic E-state index is 13.4. The molecule has 0 saturated carbocycles. The molecule has 0 amide bonds. The smallest absolute Gasteiger partial charge is 0.347 e. The van der Waals surface area contributed by atoms with Crippen LogP contribution in [0.25, 0.3) is 0 Å². The number of quaternary nitrogens is 1. The number of hydrogen-bond donors (Lipinski definition) is 1. The molecule has 31 heavy (non-hydrogen) atoms. The Balaban J connectivity index is 0.00000272. The number of carbonyl (C=O) groups excluding carboxylic acids is 1. The predicted molar refractivity (Wildman–Crippen MR) is 115 cm³/mol. The van der Waals surface area contributed by atoms with Crippen LogP contribution in [-0.4, -0.2) is 60.6 Å². The number of ether oxygens (including phenoxy) is 2. The molecule has 6 heteroatoms. The third-order valence-corrected chi connectivity index (χ3v) is 7.10. The van der Waals surface area contributed by atoms with Gasteiger partial charge in [0.1, 0.15) is 18.2 Å². The maximum atomic E-state index is 13.4. The Bertz CT molecular complexity index is 834. The van der Waals surface area contributed by atoms with E-state index in [4.69, 9.17) is 9.47 Å². The highest BCUT2D eigenvalue weighted by Crippen LogP contribution is 2.43. The number of likely N-dealkylation sites (N-methyl/N-ethyl adjacent to an activating group) is 1. The number of carbonyl (C=O) groups is 1. The van der Waals surface area contributed by atoms with Crippen molar-refractivity contribution in [2.45, 2.75) is 56.1 Å². The summed E-state index contributed by atoms with van der Waals surface area (Å²) < 4.78 is 12.9. The highest BCUT2D eigenvalue weighted by Gasteiger charge is 2.56. The van der Waals surface area contributed by atoms with E-state index in [9.17, 15) is 9.90 Å². The molecule has 4 rings (SSSR count). The van der Waals surface area contributed by atoms with Gasteiger partial charge < -0.3 is 36.0 Å². The first-order valence-electron chi connectivity index (χ1n) is 10.9. The number of halogens is 1. The van der Waals surface area contributed by atoms with E-state index in [2.05, 4.69) is 14.1 Å². The molecule has 0 aliphatic carbocycles. The molecule has 2 aromatic rings. The van der Waals surface area contributed by atoms with E-state index in [1.807, 2.05) is 43.3 Å². The molecule has 2 heterocycles. The van der Waals surface area contributed by atoms with E-state index in [-0.39, 0.29) is 29.2 Å². The molecule has 168 valence electrons. The molecule has 0 radical (unpaired) electrons. The zero-order chi connectivity index (χ0) is 21.4. The highest BCUT2D eigenvalue weighted by atomic mass is 79.9. The Morgan fingerprint density at radius 1 is 1.00 bits per heavy atom. The van der Waals surface area contributed by atoms with Crippen molar-refractivity contribution >= 4 is 5.97 Å². The molecule has 4 atom stereocenters. The molecular weight excluding hydrogens is 458 g/mol.